The molecular formula is C32H42FN3O6SSi. The average Bonchev–Trinajstić information content (AvgIpc) is 3.29. The summed E-state index contributed by atoms with van der Waals surface area (Å²) in [4.78, 5) is 21.3. The van der Waals surface area contributed by atoms with Crippen LogP contribution in [-0.2, 0) is 32.2 Å². The van der Waals surface area contributed by atoms with Gasteiger partial charge in [0.15, 0.2) is 20.0 Å². The summed E-state index contributed by atoms with van der Waals surface area (Å²) in [5.74, 6) is -0.587. The van der Waals surface area contributed by atoms with Gasteiger partial charge in [-0.25, -0.2) is 22.8 Å². The number of sulfonamides is 1. The molecule has 4 rings (SSSR count). The maximum atomic E-state index is 13.4. The van der Waals surface area contributed by atoms with Crippen molar-refractivity contribution in [3.05, 3.63) is 77.9 Å². The Hall–Kier alpha value is -3.19. The second-order valence-corrected chi connectivity index (χ2v) is 19.9. The number of halogens is 1. The molecule has 238 valence electrons. The molecule has 1 aliphatic carbocycles. The summed E-state index contributed by atoms with van der Waals surface area (Å²) in [5, 5.41) is 10.6. The molecule has 1 N–H and O–H groups in total. The molecule has 0 saturated heterocycles. The molecule has 3 aromatic rings. The molecule has 0 amide bonds. The lowest BCUT2D eigenvalue weighted by Gasteiger charge is -2.41. The first-order valence-corrected chi connectivity index (χ1v) is 19.3. The molecule has 1 heterocycles. The fraction of sp³-hybridized carbons (Fsp3) is 0.469. The zero-order valence-corrected chi connectivity index (χ0v) is 28.2. The Morgan fingerprint density at radius 1 is 1.09 bits per heavy atom. The van der Waals surface area contributed by atoms with E-state index in [0.717, 1.165) is 29.8 Å². The van der Waals surface area contributed by atoms with Crippen molar-refractivity contribution in [3.8, 4) is 17.1 Å². The van der Waals surface area contributed by atoms with E-state index in [-0.39, 0.29) is 30.8 Å². The van der Waals surface area contributed by atoms with Crippen LogP contribution in [0.25, 0.3) is 11.4 Å². The third kappa shape index (κ3) is 7.53. The van der Waals surface area contributed by atoms with Crippen LogP contribution in [0.1, 0.15) is 44.7 Å². The standard InChI is InChI=1S/C32H42FN3O6SSi/c1-31(2,3)44(6,7)42-28-18-32(30(37)38,16-23-9-8-10-24(15-23)29-34-19-25(33)20-35-29)17-27(28)36(43(5,39)40)21-22-11-13-26(41-4)14-12-22/h8-15,19-20,27-28H,16-18,21H2,1-7H3,(H,37,38)/t27-,28+,32-/m1/s1. The van der Waals surface area contributed by atoms with Gasteiger partial charge in [0.05, 0.1) is 43.3 Å². The van der Waals surface area contributed by atoms with Crippen molar-refractivity contribution < 1.29 is 31.9 Å². The first-order valence-electron chi connectivity index (χ1n) is 14.5. The molecule has 1 aromatic heterocycles. The number of benzene rings is 2. The number of rotatable bonds is 11. The van der Waals surface area contributed by atoms with Gasteiger partial charge in [-0.1, -0.05) is 51.1 Å². The van der Waals surface area contributed by atoms with Gasteiger partial charge in [0.2, 0.25) is 10.0 Å². The van der Waals surface area contributed by atoms with Gasteiger partial charge >= 0.3 is 5.97 Å². The van der Waals surface area contributed by atoms with Crippen LogP contribution >= 0.6 is 0 Å². The van der Waals surface area contributed by atoms with Crippen molar-refractivity contribution in [1.29, 1.82) is 0 Å². The second-order valence-electron chi connectivity index (χ2n) is 13.2. The summed E-state index contributed by atoms with van der Waals surface area (Å²) >= 11 is 0. The SMILES string of the molecule is COc1ccc(CN([C@@H]2C[C@@](Cc3cccc(-c4ncc(F)cn4)c3)(C(=O)O)C[C@@H]2O[Si](C)(C)C(C)(C)C)S(C)(=O)=O)cc1. The van der Waals surface area contributed by atoms with Crippen LogP contribution in [-0.4, -0.2) is 67.6 Å². The lowest BCUT2D eigenvalue weighted by molar-refractivity contribution is -0.149. The first kappa shape index (κ1) is 33.7. The average molecular weight is 644 g/mol. The molecule has 1 aliphatic rings. The number of hydrogen-bond donors (Lipinski definition) is 1. The molecular weight excluding hydrogens is 602 g/mol. The number of methoxy groups -OCH3 is 1. The Labute approximate surface area is 260 Å². The molecule has 44 heavy (non-hydrogen) atoms. The number of carboxylic acid groups (broad SMARTS) is 1. The van der Waals surface area contributed by atoms with Crippen LogP contribution in [0.2, 0.25) is 18.1 Å². The van der Waals surface area contributed by atoms with Gasteiger partial charge in [-0.05, 0) is 66.7 Å². The molecule has 1 saturated carbocycles. The van der Waals surface area contributed by atoms with Crippen molar-refractivity contribution in [2.75, 3.05) is 13.4 Å². The van der Waals surface area contributed by atoms with E-state index in [1.54, 1.807) is 37.4 Å². The van der Waals surface area contributed by atoms with Crippen LogP contribution in [0.5, 0.6) is 5.75 Å². The summed E-state index contributed by atoms with van der Waals surface area (Å²) < 4.78 is 53.7. The Balaban J connectivity index is 1.75. The van der Waals surface area contributed by atoms with Crippen molar-refractivity contribution in [1.82, 2.24) is 14.3 Å². The third-order valence-electron chi connectivity index (χ3n) is 8.97. The zero-order valence-electron chi connectivity index (χ0n) is 26.4. The Morgan fingerprint density at radius 2 is 1.73 bits per heavy atom. The fourth-order valence-electron chi connectivity index (χ4n) is 5.56. The van der Waals surface area contributed by atoms with Gasteiger partial charge in [0, 0.05) is 12.1 Å². The topological polar surface area (TPSA) is 119 Å². The Bertz CT molecular complexity index is 1580. The van der Waals surface area contributed by atoms with Crippen LogP contribution in [0.4, 0.5) is 4.39 Å². The smallest absolute Gasteiger partial charge is 0.310 e. The molecule has 0 unspecified atom stereocenters. The largest absolute Gasteiger partial charge is 0.497 e. The lowest BCUT2D eigenvalue weighted by Crippen LogP contribution is -2.50. The number of carboxylic acids is 1. The normalized spacial score (nSPS) is 21.0. The second kappa shape index (κ2) is 12.7. The zero-order chi connectivity index (χ0) is 32.5. The van der Waals surface area contributed by atoms with Crippen molar-refractivity contribution in [2.45, 2.75) is 76.9 Å². The molecule has 9 nitrogen and oxygen atoms in total. The van der Waals surface area contributed by atoms with E-state index >= 15 is 0 Å². The van der Waals surface area contributed by atoms with E-state index in [4.69, 9.17) is 9.16 Å². The van der Waals surface area contributed by atoms with Gasteiger partial charge in [0.1, 0.15) is 5.75 Å². The highest BCUT2D eigenvalue weighted by atomic mass is 32.2. The van der Waals surface area contributed by atoms with Crippen LogP contribution < -0.4 is 4.74 Å². The number of carbonyl (C=O) groups is 1. The summed E-state index contributed by atoms with van der Waals surface area (Å²) in [7, 11) is -4.67. The molecule has 0 bridgehead atoms. The minimum absolute atomic E-state index is 0.0674. The molecule has 3 atom stereocenters. The summed E-state index contributed by atoms with van der Waals surface area (Å²) in [5.41, 5.74) is 0.805. The third-order valence-corrected chi connectivity index (χ3v) is 14.7. The Kier molecular flexibility index (Phi) is 9.70. The predicted molar refractivity (Wildman–Crippen MR) is 170 cm³/mol. The number of aromatic nitrogens is 2. The molecule has 12 heteroatoms. The fourth-order valence-corrected chi connectivity index (χ4v) is 7.99. The maximum absolute atomic E-state index is 13.4. The predicted octanol–water partition coefficient (Wildman–Crippen LogP) is 5.92. The van der Waals surface area contributed by atoms with E-state index < -0.39 is 47.7 Å². The van der Waals surface area contributed by atoms with Crippen molar-refractivity contribution in [2.24, 2.45) is 5.41 Å². The van der Waals surface area contributed by atoms with Gasteiger partial charge in [-0.15, -0.1) is 0 Å². The minimum atomic E-state index is -3.78. The lowest BCUT2D eigenvalue weighted by atomic mass is 9.79. The number of hydrogen-bond acceptors (Lipinski definition) is 7. The van der Waals surface area contributed by atoms with Gasteiger partial charge in [0.25, 0.3) is 0 Å². The van der Waals surface area contributed by atoms with E-state index in [0.29, 0.717) is 17.1 Å². The van der Waals surface area contributed by atoms with Gasteiger partial charge in [-0.2, -0.15) is 4.31 Å². The highest BCUT2D eigenvalue weighted by Crippen LogP contribution is 2.49. The number of ether oxygens (including phenoxy) is 1. The van der Waals surface area contributed by atoms with E-state index in [1.165, 1.54) is 4.31 Å². The number of nitrogens with zero attached hydrogens (tertiary/aromatic N) is 3. The number of aliphatic carboxylic acids is 1. The maximum Gasteiger partial charge on any atom is 0.310 e. The quantitative estimate of drug-likeness (QED) is 0.256. The molecule has 1 fully saturated rings. The van der Waals surface area contributed by atoms with E-state index in [2.05, 4.69) is 43.8 Å². The van der Waals surface area contributed by atoms with Crippen molar-refractivity contribution >= 4 is 24.3 Å². The van der Waals surface area contributed by atoms with Crippen LogP contribution in [0, 0.1) is 11.2 Å². The van der Waals surface area contributed by atoms with Crippen molar-refractivity contribution in [3.63, 3.8) is 0 Å². The monoisotopic (exact) mass is 643 g/mol. The summed E-state index contributed by atoms with van der Waals surface area (Å²) in [6, 6.07) is 13.7. The van der Waals surface area contributed by atoms with E-state index in [1.807, 2.05) is 18.2 Å². The first-order chi connectivity index (χ1) is 20.4. The summed E-state index contributed by atoms with van der Waals surface area (Å²) in [6.45, 7) is 10.5. The molecule has 0 spiro atoms. The highest BCUT2D eigenvalue weighted by molar-refractivity contribution is 7.88. The summed E-state index contributed by atoms with van der Waals surface area (Å²) in [6.07, 6.45) is 3.05. The molecule has 0 aliphatic heterocycles. The van der Waals surface area contributed by atoms with Crippen LogP contribution in [0.15, 0.2) is 60.9 Å². The van der Waals surface area contributed by atoms with Crippen LogP contribution in [0.3, 0.4) is 0 Å². The van der Waals surface area contributed by atoms with Gasteiger partial charge in [-0.3, -0.25) is 4.79 Å². The molecule has 0 radical (unpaired) electrons. The van der Waals surface area contributed by atoms with Gasteiger partial charge < -0.3 is 14.3 Å². The molecule has 2 aromatic carbocycles. The highest BCUT2D eigenvalue weighted by Gasteiger charge is 2.56. The Morgan fingerprint density at radius 3 is 2.27 bits per heavy atom. The minimum Gasteiger partial charge on any atom is -0.497 e. The van der Waals surface area contributed by atoms with E-state index in [9.17, 15) is 22.7 Å².